The van der Waals surface area contributed by atoms with Gasteiger partial charge in [0.2, 0.25) is 0 Å². The van der Waals surface area contributed by atoms with Gasteiger partial charge in [-0.25, -0.2) is 0 Å². The molecule has 0 aromatic heterocycles. The maximum Gasteiger partial charge on any atom is 0.134 e. The van der Waals surface area contributed by atoms with Gasteiger partial charge in [-0.05, 0) is 6.92 Å². The Balaban J connectivity index is 2.35. The van der Waals surface area contributed by atoms with Gasteiger partial charge in [0, 0.05) is 12.8 Å². The van der Waals surface area contributed by atoms with E-state index in [2.05, 4.69) is 26.8 Å². The number of nitrogens with one attached hydrogen (secondary N) is 2. The predicted molar refractivity (Wildman–Crippen MR) is 53.7 cm³/mol. The topological polar surface area (TPSA) is 36.5 Å². The number of hydrogen-bond acceptors (Lipinski definition) is 0. The molecule has 0 spiro atoms. The molecule has 0 amide bonds. The average Bonchev–Trinajstić information content (AvgIpc) is 2.17. The lowest BCUT2D eigenvalue weighted by atomic mass is 10.0. The van der Waals surface area contributed by atoms with Gasteiger partial charge in [-0.3, -0.25) is 0 Å². The van der Waals surface area contributed by atoms with Crippen molar-refractivity contribution in [1.82, 2.24) is 0 Å². The molecule has 1 aliphatic rings. The summed E-state index contributed by atoms with van der Waals surface area (Å²) < 4.78 is 0. The number of rotatable bonds is 3. The molecule has 78 valence electrons. The van der Waals surface area contributed by atoms with Crippen molar-refractivity contribution in [3.8, 4) is 0 Å². The highest BCUT2D eigenvalue weighted by Gasteiger charge is 2.28. The van der Waals surface area contributed by atoms with E-state index in [4.69, 9.17) is 0 Å². The van der Waals surface area contributed by atoms with Crippen LogP contribution in [0.25, 0.3) is 0 Å². The molecule has 1 heterocycles. The first kappa shape index (κ1) is 11.0. The zero-order chi connectivity index (χ0) is 9.84. The van der Waals surface area contributed by atoms with E-state index in [0.717, 1.165) is 18.6 Å². The molecule has 1 rings (SSSR count). The van der Waals surface area contributed by atoms with Crippen LogP contribution in [0.15, 0.2) is 0 Å². The third kappa shape index (κ3) is 2.93. The fourth-order valence-electron chi connectivity index (χ4n) is 2.20. The largest absolute Gasteiger partial charge is 0.353 e. The van der Waals surface area contributed by atoms with Crippen LogP contribution < -0.4 is 15.5 Å². The molecule has 0 radical (unpaired) electrons. The van der Waals surface area contributed by atoms with Gasteiger partial charge in [-0.15, -0.1) is 0 Å². The third-order valence-corrected chi connectivity index (χ3v) is 3.69. The summed E-state index contributed by atoms with van der Waals surface area (Å²) in [5.74, 6) is 0. The van der Waals surface area contributed by atoms with Gasteiger partial charge in [-0.1, -0.05) is 0 Å². The van der Waals surface area contributed by atoms with Crippen molar-refractivity contribution in [3.05, 3.63) is 0 Å². The quantitative estimate of drug-likeness (QED) is 0.417. The summed E-state index contributed by atoms with van der Waals surface area (Å²) in [6.45, 7) is 6.08. The average molecular weight is 188 g/mol. The molecule has 3 nitrogen and oxygen atoms in total. The molecule has 1 aliphatic heterocycles. The first-order valence-electron chi connectivity index (χ1n) is 5.59. The number of hydrogen-bond donors (Lipinski definition) is 3. The Kier molecular flexibility index (Phi) is 4.16. The molecule has 5 N–H and O–H groups in total. The van der Waals surface area contributed by atoms with Crippen molar-refractivity contribution in [1.29, 1.82) is 0 Å². The highest BCUT2D eigenvalue weighted by molar-refractivity contribution is 4.60. The van der Waals surface area contributed by atoms with Crippen LogP contribution in [0.5, 0.6) is 0 Å². The van der Waals surface area contributed by atoms with E-state index in [9.17, 15) is 0 Å². The lowest BCUT2D eigenvalue weighted by Crippen LogP contribution is -3.21. The highest BCUT2D eigenvalue weighted by Crippen LogP contribution is 1.94. The van der Waals surface area contributed by atoms with Crippen LogP contribution in [0.1, 0.15) is 19.8 Å². The summed E-state index contributed by atoms with van der Waals surface area (Å²) in [5, 5.41) is 0. The van der Waals surface area contributed by atoms with Crippen LogP contribution in [-0.4, -0.2) is 45.8 Å². The fourth-order valence-corrected chi connectivity index (χ4v) is 2.20. The second-order valence-corrected chi connectivity index (χ2v) is 4.67. The zero-order valence-electron chi connectivity index (χ0n) is 9.40. The molecule has 0 aliphatic carbocycles. The first-order chi connectivity index (χ1) is 6.15. The highest BCUT2D eigenvalue weighted by atomic mass is 15.2. The molecule has 1 unspecified atom stereocenters. The monoisotopic (exact) mass is 188 g/mol. The summed E-state index contributed by atoms with van der Waals surface area (Å²) in [7, 11) is 4.64. The number of likely N-dealkylation sites (tertiary alicyclic amines) is 1. The summed E-state index contributed by atoms with van der Waals surface area (Å²) in [4.78, 5) is 3.40. The lowest BCUT2D eigenvalue weighted by molar-refractivity contribution is -0.958. The SMILES string of the molecule is C[C@@H](C[NH3+])[NH+](C)C1CC[NH+](C)CC1. The summed E-state index contributed by atoms with van der Waals surface area (Å²) in [6, 6.07) is 1.61. The van der Waals surface area contributed by atoms with Crippen LogP contribution in [0.2, 0.25) is 0 Å². The van der Waals surface area contributed by atoms with Crippen LogP contribution in [0, 0.1) is 0 Å². The summed E-state index contributed by atoms with van der Waals surface area (Å²) >= 11 is 0. The number of piperidine rings is 1. The maximum atomic E-state index is 3.99. The van der Waals surface area contributed by atoms with Crippen molar-refractivity contribution in [2.45, 2.75) is 31.8 Å². The second kappa shape index (κ2) is 4.94. The Morgan fingerprint density at radius 3 is 2.46 bits per heavy atom. The minimum absolute atomic E-state index is 0.725. The molecule has 1 fully saturated rings. The molecule has 3 heteroatoms. The van der Waals surface area contributed by atoms with E-state index in [0.29, 0.717) is 0 Å². The minimum atomic E-state index is 0.725. The van der Waals surface area contributed by atoms with E-state index in [-0.39, 0.29) is 0 Å². The first-order valence-corrected chi connectivity index (χ1v) is 5.59. The van der Waals surface area contributed by atoms with E-state index < -0.39 is 0 Å². The van der Waals surface area contributed by atoms with E-state index in [1.54, 1.807) is 9.80 Å². The maximum absolute atomic E-state index is 3.99. The molecule has 1 saturated heterocycles. The zero-order valence-corrected chi connectivity index (χ0v) is 9.40. The third-order valence-electron chi connectivity index (χ3n) is 3.69. The lowest BCUT2D eigenvalue weighted by Gasteiger charge is -2.32. The fraction of sp³-hybridized carbons (Fsp3) is 1.00. The van der Waals surface area contributed by atoms with E-state index in [1.807, 2.05) is 0 Å². The van der Waals surface area contributed by atoms with Gasteiger partial charge in [0.25, 0.3) is 0 Å². The Hall–Kier alpha value is -0.120. The summed E-state index contributed by atoms with van der Waals surface area (Å²) in [6.07, 6.45) is 2.78. The number of likely N-dealkylation sites (N-methyl/N-ethyl adjacent to an activating group) is 1. The van der Waals surface area contributed by atoms with Crippen LogP contribution in [-0.2, 0) is 0 Å². The van der Waals surface area contributed by atoms with Gasteiger partial charge in [0.05, 0.1) is 33.2 Å². The van der Waals surface area contributed by atoms with Gasteiger partial charge < -0.3 is 15.5 Å². The normalized spacial score (nSPS) is 34.2. The van der Waals surface area contributed by atoms with Gasteiger partial charge in [0.1, 0.15) is 12.6 Å². The predicted octanol–water partition coefficient (Wildman–Crippen LogP) is -3.19. The van der Waals surface area contributed by atoms with Crippen LogP contribution in [0.4, 0.5) is 0 Å². The molecule has 0 bridgehead atoms. The Morgan fingerprint density at radius 2 is 2.00 bits per heavy atom. The molecule has 0 saturated carbocycles. The van der Waals surface area contributed by atoms with Crippen molar-refractivity contribution >= 4 is 0 Å². The van der Waals surface area contributed by atoms with Gasteiger partial charge in [-0.2, -0.15) is 0 Å². The molecule has 13 heavy (non-hydrogen) atoms. The van der Waals surface area contributed by atoms with Crippen molar-refractivity contribution in [3.63, 3.8) is 0 Å². The number of quaternary nitrogens is 3. The Bertz CT molecular complexity index is 141. The van der Waals surface area contributed by atoms with E-state index in [1.165, 1.54) is 25.9 Å². The minimum Gasteiger partial charge on any atom is -0.353 e. The standard InChI is InChI=1S/C10H23N3/c1-9(8-11)13(3)10-4-6-12(2)7-5-10/h9-10H,4-8,11H2,1-3H3/p+3/t9-/m0/s1. The molecular weight excluding hydrogens is 162 g/mol. The Morgan fingerprint density at radius 1 is 1.46 bits per heavy atom. The molecule has 2 atom stereocenters. The van der Waals surface area contributed by atoms with Gasteiger partial charge >= 0.3 is 0 Å². The molecular formula is C10H26N3+3. The van der Waals surface area contributed by atoms with Crippen molar-refractivity contribution < 1.29 is 15.5 Å². The van der Waals surface area contributed by atoms with Crippen LogP contribution in [0.3, 0.4) is 0 Å². The van der Waals surface area contributed by atoms with Crippen LogP contribution >= 0.6 is 0 Å². The second-order valence-electron chi connectivity index (χ2n) is 4.67. The smallest absolute Gasteiger partial charge is 0.134 e. The Labute approximate surface area is 81.9 Å². The molecule has 0 aromatic rings. The summed E-state index contributed by atoms with van der Waals surface area (Å²) in [5.41, 5.74) is 3.99. The van der Waals surface area contributed by atoms with Crippen molar-refractivity contribution in [2.24, 2.45) is 0 Å². The van der Waals surface area contributed by atoms with Crippen molar-refractivity contribution in [2.75, 3.05) is 33.7 Å². The van der Waals surface area contributed by atoms with E-state index >= 15 is 0 Å². The van der Waals surface area contributed by atoms with Gasteiger partial charge in [0.15, 0.2) is 0 Å². The molecule has 0 aromatic carbocycles.